The number of nitrogens with one attached hydrogen (secondary N) is 1. The fourth-order valence-corrected chi connectivity index (χ4v) is 2.86. The molecule has 0 spiro atoms. The fourth-order valence-electron chi connectivity index (χ4n) is 2.86. The Morgan fingerprint density at radius 2 is 1.94 bits per heavy atom. The summed E-state index contributed by atoms with van der Waals surface area (Å²) in [4.78, 5) is 1.50. The first-order valence-corrected chi connectivity index (χ1v) is 6.98. The summed E-state index contributed by atoms with van der Waals surface area (Å²) in [5.41, 5.74) is 0. The predicted octanol–water partition coefficient (Wildman–Crippen LogP) is 3.04. The predicted molar refractivity (Wildman–Crippen MR) is 67.6 cm³/mol. The monoisotopic (exact) mass is 266 g/mol. The molecule has 0 aromatic heterocycles. The van der Waals surface area contributed by atoms with E-state index in [-0.39, 0.29) is 0 Å². The molecule has 0 heterocycles. The summed E-state index contributed by atoms with van der Waals surface area (Å²) in [6.07, 6.45) is 0.327. The highest BCUT2D eigenvalue weighted by atomic mass is 19.4. The Hall–Kier alpha value is -0.290. The summed E-state index contributed by atoms with van der Waals surface area (Å²) in [6, 6.07) is 0.514. The van der Waals surface area contributed by atoms with Crippen molar-refractivity contribution in [3.8, 4) is 0 Å². The van der Waals surface area contributed by atoms with Crippen LogP contribution in [0.1, 0.15) is 39.5 Å². The smallest absolute Gasteiger partial charge is 0.314 e. The van der Waals surface area contributed by atoms with Gasteiger partial charge in [-0.2, -0.15) is 13.2 Å². The van der Waals surface area contributed by atoms with Crippen LogP contribution < -0.4 is 5.32 Å². The molecule has 2 nitrogen and oxygen atoms in total. The fraction of sp³-hybridized carbons (Fsp3) is 1.00. The molecule has 0 radical (unpaired) electrons. The number of hydrogen-bond acceptors (Lipinski definition) is 2. The molecule has 0 amide bonds. The van der Waals surface area contributed by atoms with Crippen LogP contribution >= 0.6 is 0 Å². The standard InChI is InChI=1S/C13H25F3N2/c1-3-17-12-7-5-6-11(12)8-9-18(4-2)10-13(14,15)16/h11-12,17H,3-10H2,1-2H3. The normalized spacial score (nSPS) is 25.0. The molecular weight excluding hydrogens is 241 g/mol. The molecule has 0 bridgehead atoms. The second-order valence-electron chi connectivity index (χ2n) is 5.13. The Bertz CT molecular complexity index is 231. The molecule has 108 valence electrons. The molecule has 0 aromatic carbocycles. The lowest BCUT2D eigenvalue weighted by atomic mass is 9.99. The number of halogens is 3. The van der Waals surface area contributed by atoms with Crippen molar-refractivity contribution in [2.24, 2.45) is 5.92 Å². The first-order valence-electron chi connectivity index (χ1n) is 6.98. The van der Waals surface area contributed by atoms with E-state index in [1.54, 1.807) is 6.92 Å². The molecule has 1 rings (SSSR count). The van der Waals surface area contributed by atoms with Crippen molar-refractivity contribution in [2.45, 2.75) is 51.7 Å². The lowest BCUT2D eigenvalue weighted by molar-refractivity contribution is -0.145. The molecule has 5 heteroatoms. The van der Waals surface area contributed by atoms with E-state index < -0.39 is 12.7 Å². The average molecular weight is 266 g/mol. The second kappa shape index (κ2) is 7.34. The van der Waals surface area contributed by atoms with E-state index in [1.165, 1.54) is 17.7 Å². The van der Waals surface area contributed by atoms with Gasteiger partial charge >= 0.3 is 6.18 Å². The van der Waals surface area contributed by atoms with Crippen molar-refractivity contribution >= 4 is 0 Å². The topological polar surface area (TPSA) is 15.3 Å². The summed E-state index contributed by atoms with van der Waals surface area (Å²) >= 11 is 0. The number of nitrogens with zero attached hydrogens (tertiary/aromatic N) is 1. The third kappa shape index (κ3) is 5.57. The van der Waals surface area contributed by atoms with Crippen LogP contribution in [0.2, 0.25) is 0 Å². The molecular formula is C13H25F3N2. The van der Waals surface area contributed by atoms with Gasteiger partial charge in [-0.05, 0) is 44.8 Å². The third-order valence-electron chi connectivity index (χ3n) is 3.79. The van der Waals surface area contributed by atoms with Crippen LogP contribution in [0.5, 0.6) is 0 Å². The molecule has 1 saturated carbocycles. The highest BCUT2D eigenvalue weighted by molar-refractivity contribution is 4.83. The van der Waals surface area contributed by atoms with E-state index >= 15 is 0 Å². The van der Waals surface area contributed by atoms with E-state index in [0.29, 0.717) is 25.0 Å². The molecule has 0 aromatic rings. The van der Waals surface area contributed by atoms with E-state index in [0.717, 1.165) is 19.4 Å². The van der Waals surface area contributed by atoms with Gasteiger partial charge in [0.2, 0.25) is 0 Å². The molecule has 2 unspecified atom stereocenters. The molecule has 1 N–H and O–H groups in total. The van der Waals surface area contributed by atoms with Crippen LogP contribution in [-0.2, 0) is 0 Å². The van der Waals surface area contributed by atoms with E-state index in [4.69, 9.17) is 0 Å². The molecule has 0 aliphatic heterocycles. The molecule has 1 fully saturated rings. The van der Waals surface area contributed by atoms with Crippen LogP contribution in [0.15, 0.2) is 0 Å². The molecule has 1 aliphatic rings. The minimum atomic E-state index is -4.08. The van der Waals surface area contributed by atoms with Gasteiger partial charge in [0.1, 0.15) is 0 Å². The van der Waals surface area contributed by atoms with Crippen molar-refractivity contribution in [3.05, 3.63) is 0 Å². The maximum Gasteiger partial charge on any atom is 0.401 e. The van der Waals surface area contributed by atoms with Crippen LogP contribution in [0.25, 0.3) is 0 Å². The first kappa shape index (κ1) is 15.8. The lowest BCUT2D eigenvalue weighted by Crippen LogP contribution is -2.38. The van der Waals surface area contributed by atoms with Gasteiger partial charge in [0.25, 0.3) is 0 Å². The zero-order chi connectivity index (χ0) is 13.6. The lowest BCUT2D eigenvalue weighted by Gasteiger charge is -2.26. The summed E-state index contributed by atoms with van der Waals surface area (Å²) in [5.74, 6) is 0.548. The Labute approximate surface area is 108 Å². The minimum absolute atomic E-state index is 0.470. The zero-order valence-electron chi connectivity index (χ0n) is 11.4. The number of hydrogen-bond donors (Lipinski definition) is 1. The van der Waals surface area contributed by atoms with E-state index in [2.05, 4.69) is 12.2 Å². The van der Waals surface area contributed by atoms with Gasteiger partial charge in [-0.1, -0.05) is 20.3 Å². The van der Waals surface area contributed by atoms with Crippen LogP contribution in [0.4, 0.5) is 13.2 Å². The summed E-state index contributed by atoms with van der Waals surface area (Å²) in [7, 11) is 0. The summed E-state index contributed by atoms with van der Waals surface area (Å²) in [5, 5.41) is 3.44. The summed E-state index contributed by atoms with van der Waals surface area (Å²) < 4.78 is 37.0. The van der Waals surface area contributed by atoms with Crippen molar-refractivity contribution < 1.29 is 13.2 Å². The Morgan fingerprint density at radius 3 is 2.50 bits per heavy atom. The van der Waals surface area contributed by atoms with Gasteiger partial charge in [-0.25, -0.2) is 0 Å². The number of rotatable bonds is 7. The third-order valence-corrected chi connectivity index (χ3v) is 3.79. The largest absolute Gasteiger partial charge is 0.401 e. The van der Waals surface area contributed by atoms with Crippen LogP contribution in [0, 0.1) is 5.92 Å². The molecule has 0 saturated heterocycles. The van der Waals surface area contributed by atoms with Crippen LogP contribution in [-0.4, -0.2) is 43.3 Å². The van der Waals surface area contributed by atoms with E-state index in [9.17, 15) is 13.2 Å². The SMILES string of the molecule is CCNC1CCCC1CCN(CC)CC(F)(F)F. The van der Waals surface area contributed by atoms with Crippen molar-refractivity contribution in [1.82, 2.24) is 10.2 Å². The van der Waals surface area contributed by atoms with Gasteiger partial charge in [0.15, 0.2) is 0 Å². The van der Waals surface area contributed by atoms with Gasteiger partial charge in [0.05, 0.1) is 6.54 Å². The maximum absolute atomic E-state index is 12.3. The van der Waals surface area contributed by atoms with Gasteiger partial charge in [-0.3, -0.25) is 4.90 Å². The second-order valence-corrected chi connectivity index (χ2v) is 5.13. The van der Waals surface area contributed by atoms with Crippen molar-refractivity contribution in [3.63, 3.8) is 0 Å². The highest BCUT2D eigenvalue weighted by Gasteiger charge is 2.31. The Kier molecular flexibility index (Phi) is 6.43. The van der Waals surface area contributed by atoms with Crippen molar-refractivity contribution in [2.75, 3.05) is 26.2 Å². The molecule has 1 aliphatic carbocycles. The van der Waals surface area contributed by atoms with Gasteiger partial charge in [0, 0.05) is 6.04 Å². The van der Waals surface area contributed by atoms with Crippen molar-refractivity contribution in [1.29, 1.82) is 0 Å². The van der Waals surface area contributed by atoms with Crippen LogP contribution in [0.3, 0.4) is 0 Å². The average Bonchev–Trinajstić information content (AvgIpc) is 2.71. The first-order chi connectivity index (χ1) is 8.46. The minimum Gasteiger partial charge on any atom is -0.314 e. The quantitative estimate of drug-likeness (QED) is 0.762. The molecule has 2 atom stereocenters. The van der Waals surface area contributed by atoms with Gasteiger partial charge < -0.3 is 5.32 Å². The molecule has 18 heavy (non-hydrogen) atoms. The maximum atomic E-state index is 12.3. The highest BCUT2D eigenvalue weighted by Crippen LogP contribution is 2.29. The Morgan fingerprint density at radius 1 is 1.22 bits per heavy atom. The zero-order valence-corrected chi connectivity index (χ0v) is 11.4. The summed E-state index contributed by atoms with van der Waals surface area (Å²) in [6.45, 7) is 5.07. The number of alkyl halides is 3. The van der Waals surface area contributed by atoms with E-state index in [1.807, 2.05) is 0 Å². The van der Waals surface area contributed by atoms with Gasteiger partial charge in [-0.15, -0.1) is 0 Å². The Balaban J connectivity index is 2.33.